The lowest BCUT2D eigenvalue weighted by Gasteiger charge is -2.28. The molecule has 0 spiro atoms. The summed E-state index contributed by atoms with van der Waals surface area (Å²) in [5.74, 6) is 3.63. The number of hydrogen-bond acceptors (Lipinski definition) is 1. The van der Waals surface area contributed by atoms with Crippen LogP contribution in [0.3, 0.4) is 0 Å². The van der Waals surface area contributed by atoms with Crippen LogP contribution in [-0.2, 0) is 0 Å². The molecule has 1 atom stereocenters. The Kier molecular flexibility index (Phi) is 3.62. The lowest BCUT2D eigenvalue weighted by Crippen LogP contribution is -2.38. The molecule has 0 aromatic carbocycles. The maximum atomic E-state index is 5.30. The molecular weight excluding hydrogens is 146 g/mol. The van der Waals surface area contributed by atoms with E-state index in [1.165, 1.54) is 25.7 Å². The zero-order valence-corrected chi connectivity index (χ0v) is 8.14. The fraction of sp³-hybridized carbons (Fsp3) is 0.818. The molecule has 1 aliphatic rings. The standard InChI is InChI=1S/C11H19N/c1-4-10(3)12-11-7-5-9(2)6-8-11/h1,9-12H,5-8H2,2-3H3. The van der Waals surface area contributed by atoms with Crippen molar-refractivity contribution in [2.45, 2.75) is 51.6 Å². The Hall–Kier alpha value is -0.480. The summed E-state index contributed by atoms with van der Waals surface area (Å²) in [4.78, 5) is 0. The Labute approximate surface area is 75.9 Å². The van der Waals surface area contributed by atoms with Gasteiger partial charge in [0.2, 0.25) is 0 Å². The van der Waals surface area contributed by atoms with Gasteiger partial charge >= 0.3 is 0 Å². The van der Waals surface area contributed by atoms with E-state index in [-0.39, 0.29) is 6.04 Å². The quantitative estimate of drug-likeness (QED) is 0.618. The highest BCUT2D eigenvalue weighted by Crippen LogP contribution is 2.23. The molecule has 0 heterocycles. The van der Waals surface area contributed by atoms with Gasteiger partial charge < -0.3 is 5.32 Å². The number of terminal acetylenes is 1. The van der Waals surface area contributed by atoms with Crippen molar-refractivity contribution in [3.63, 3.8) is 0 Å². The highest BCUT2D eigenvalue weighted by Gasteiger charge is 2.18. The molecule has 1 aliphatic carbocycles. The van der Waals surface area contributed by atoms with Crippen molar-refractivity contribution in [3.05, 3.63) is 0 Å². The molecule has 1 saturated carbocycles. The predicted molar refractivity (Wildman–Crippen MR) is 52.9 cm³/mol. The average molecular weight is 165 g/mol. The van der Waals surface area contributed by atoms with Crippen LogP contribution in [0.25, 0.3) is 0 Å². The van der Waals surface area contributed by atoms with Crippen molar-refractivity contribution < 1.29 is 0 Å². The third kappa shape index (κ3) is 2.87. The lowest BCUT2D eigenvalue weighted by atomic mass is 9.87. The molecule has 1 N–H and O–H groups in total. The first-order chi connectivity index (χ1) is 5.72. The molecule has 0 amide bonds. The summed E-state index contributed by atoms with van der Waals surface area (Å²) in [7, 11) is 0. The third-order valence-electron chi connectivity index (χ3n) is 2.75. The second-order valence-corrected chi connectivity index (χ2v) is 4.01. The van der Waals surface area contributed by atoms with Crippen LogP contribution >= 0.6 is 0 Å². The van der Waals surface area contributed by atoms with Crippen LogP contribution in [0.2, 0.25) is 0 Å². The van der Waals surface area contributed by atoms with Crippen LogP contribution in [0.4, 0.5) is 0 Å². The van der Waals surface area contributed by atoms with Crippen LogP contribution < -0.4 is 5.32 Å². The maximum absolute atomic E-state index is 5.30. The second-order valence-electron chi connectivity index (χ2n) is 4.01. The molecule has 0 bridgehead atoms. The summed E-state index contributed by atoms with van der Waals surface area (Å²) in [6.45, 7) is 4.39. The molecule has 1 heteroatoms. The fourth-order valence-electron chi connectivity index (χ4n) is 1.83. The van der Waals surface area contributed by atoms with Gasteiger partial charge in [0.05, 0.1) is 6.04 Å². The van der Waals surface area contributed by atoms with Crippen molar-refractivity contribution in [3.8, 4) is 12.3 Å². The van der Waals surface area contributed by atoms with Gasteiger partial charge in [0.15, 0.2) is 0 Å². The van der Waals surface area contributed by atoms with E-state index >= 15 is 0 Å². The van der Waals surface area contributed by atoms with Crippen molar-refractivity contribution in [1.29, 1.82) is 0 Å². The Morgan fingerprint density at radius 1 is 1.33 bits per heavy atom. The summed E-state index contributed by atoms with van der Waals surface area (Å²) in [6, 6.07) is 0.913. The summed E-state index contributed by atoms with van der Waals surface area (Å²) in [5, 5.41) is 3.45. The van der Waals surface area contributed by atoms with Crippen molar-refractivity contribution >= 4 is 0 Å². The zero-order chi connectivity index (χ0) is 8.97. The van der Waals surface area contributed by atoms with Crippen LogP contribution in [0.5, 0.6) is 0 Å². The van der Waals surface area contributed by atoms with Gasteiger partial charge in [-0.2, -0.15) is 0 Å². The first kappa shape index (κ1) is 9.61. The number of nitrogens with one attached hydrogen (secondary N) is 1. The first-order valence-electron chi connectivity index (χ1n) is 4.94. The van der Waals surface area contributed by atoms with Gasteiger partial charge in [-0.15, -0.1) is 6.42 Å². The highest BCUT2D eigenvalue weighted by atomic mass is 14.9. The number of rotatable bonds is 2. The summed E-state index contributed by atoms with van der Waals surface area (Å²) >= 11 is 0. The van der Waals surface area contributed by atoms with Gasteiger partial charge in [0.1, 0.15) is 0 Å². The van der Waals surface area contributed by atoms with Crippen LogP contribution in [0.1, 0.15) is 39.5 Å². The topological polar surface area (TPSA) is 12.0 Å². The molecule has 1 unspecified atom stereocenters. The van der Waals surface area contributed by atoms with Gasteiger partial charge in [-0.1, -0.05) is 12.8 Å². The SMILES string of the molecule is C#CC(C)NC1CCC(C)CC1. The molecule has 68 valence electrons. The molecule has 0 saturated heterocycles. The molecule has 0 radical (unpaired) electrons. The van der Waals surface area contributed by atoms with Gasteiger partial charge in [-0.05, 0) is 38.5 Å². The Morgan fingerprint density at radius 2 is 1.92 bits per heavy atom. The normalized spacial score (nSPS) is 32.4. The molecule has 0 aromatic heterocycles. The largest absolute Gasteiger partial charge is 0.301 e. The Bertz CT molecular complexity index is 160. The van der Waals surface area contributed by atoms with E-state index in [4.69, 9.17) is 6.42 Å². The lowest BCUT2D eigenvalue weighted by molar-refractivity contribution is 0.302. The van der Waals surface area contributed by atoms with Crippen molar-refractivity contribution in [1.82, 2.24) is 5.32 Å². The van der Waals surface area contributed by atoms with E-state index < -0.39 is 0 Å². The van der Waals surface area contributed by atoms with Crippen molar-refractivity contribution in [2.75, 3.05) is 0 Å². The Morgan fingerprint density at radius 3 is 2.42 bits per heavy atom. The fourth-order valence-corrected chi connectivity index (χ4v) is 1.83. The van der Waals surface area contributed by atoms with E-state index in [1.54, 1.807) is 0 Å². The van der Waals surface area contributed by atoms with E-state index in [9.17, 15) is 0 Å². The van der Waals surface area contributed by atoms with Crippen LogP contribution in [0.15, 0.2) is 0 Å². The van der Waals surface area contributed by atoms with Crippen LogP contribution in [0, 0.1) is 18.3 Å². The van der Waals surface area contributed by atoms with E-state index in [2.05, 4.69) is 25.1 Å². The summed E-state index contributed by atoms with van der Waals surface area (Å²) in [6.07, 6.45) is 10.6. The summed E-state index contributed by atoms with van der Waals surface area (Å²) < 4.78 is 0. The van der Waals surface area contributed by atoms with Crippen LogP contribution in [-0.4, -0.2) is 12.1 Å². The molecule has 1 rings (SSSR count). The van der Waals surface area contributed by atoms with E-state index in [1.807, 2.05) is 0 Å². The zero-order valence-electron chi connectivity index (χ0n) is 8.14. The van der Waals surface area contributed by atoms with Gasteiger partial charge in [-0.3, -0.25) is 0 Å². The van der Waals surface area contributed by atoms with E-state index in [0.717, 1.165) is 5.92 Å². The predicted octanol–water partition coefficient (Wildman–Crippen LogP) is 2.18. The minimum atomic E-state index is 0.239. The smallest absolute Gasteiger partial charge is 0.0660 e. The highest BCUT2D eigenvalue weighted by molar-refractivity contribution is 4.97. The minimum Gasteiger partial charge on any atom is -0.301 e. The summed E-state index contributed by atoms with van der Waals surface area (Å²) in [5.41, 5.74) is 0. The number of hydrogen-bond donors (Lipinski definition) is 1. The average Bonchev–Trinajstić information content (AvgIpc) is 2.09. The van der Waals surface area contributed by atoms with Crippen molar-refractivity contribution in [2.24, 2.45) is 5.92 Å². The molecule has 0 aliphatic heterocycles. The third-order valence-corrected chi connectivity index (χ3v) is 2.75. The molecule has 1 nitrogen and oxygen atoms in total. The monoisotopic (exact) mass is 165 g/mol. The second kappa shape index (κ2) is 4.52. The van der Waals surface area contributed by atoms with E-state index in [0.29, 0.717) is 6.04 Å². The molecule has 12 heavy (non-hydrogen) atoms. The molecule has 0 aromatic rings. The molecule has 1 fully saturated rings. The Balaban J connectivity index is 2.22. The first-order valence-corrected chi connectivity index (χ1v) is 4.94. The maximum Gasteiger partial charge on any atom is 0.0660 e. The van der Waals surface area contributed by atoms with Gasteiger partial charge in [-0.25, -0.2) is 0 Å². The van der Waals surface area contributed by atoms with Gasteiger partial charge in [0, 0.05) is 6.04 Å². The molecular formula is C11H19N. The van der Waals surface area contributed by atoms with Gasteiger partial charge in [0.25, 0.3) is 0 Å². The minimum absolute atomic E-state index is 0.239.